The first-order valence-electron chi connectivity index (χ1n) is 6.62. The third-order valence-corrected chi connectivity index (χ3v) is 3.75. The topological polar surface area (TPSA) is 53.5 Å². The van der Waals surface area contributed by atoms with Gasteiger partial charge in [0.05, 0.1) is 12.8 Å². The minimum absolute atomic E-state index is 0.0561. The van der Waals surface area contributed by atoms with E-state index in [0.717, 1.165) is 15.6 Å². The number of hydrazone groups is 1. The van der Waals surface area contributed by atoms with Gasteiger partial charge < -0.3 is 5.32 Å². The summed E-state index contributed by atoms with van der Waals surface area (Å²) in [5, 5.41) is 6.77. The summed E-state index contributed by atoms with van der Waals surface area (Å²) in [6.07, 6.45) is 1.57. The lowest BCUT2D eigenvalue weighted by Gasteiger charge is -2.05. The van der Waals surface area contributed by atoms with Gasteiger partial charge in [0.2, 0.25) is 0 Å². The standard InChI is InChI=1S/C16H15BrFN3O/c1-11-2-3-12(8-15(11)17)9-20-21-16(22)10-19-14-6-4-13(18)5-7-14/h2-9,19H,10H2,1H3,(H,21,22)/b20-9-. The molecule has 0 aromatic heterocycles. The smallest absolute Gasteiger partial charge is 0.259 e. The molecular weight excluding hydrogens is 349 g/mol. The molecule has 0 fully saturated rings. The van der Waals surface area contributed by atoms with E-state index in [0.29, 0.717) is 5.69 Å². The molecule has 1 amide bonds. The molecule has 114 valence electrons. The summed E-state index contributed by atoms with van der Waals surface area (Å²) >= 11 is 3.44. The highest BCUT2D eigenvalue weighted by atomic mass is 79.9. The van der Waals surface area contributed by atoms with E-state index in [1.165, 1.54) is 12.1 Å². The number of rotatable bonds is 5. The molecule has 0 saturated carbocycles. The van der Waals surface area contributed by atoms with Crippen LogP contribution in [0.1, 0.15) is 11.1 Å². The number of amides is 1. The van der Waals surface area contributed by atoms with E-state index in [1.807, 2.05) is 25.1 Å². The molecule has 6 heteroatoms. The van der Waals surface area contributed by atoms with Gasteiger partial charge in [-0.25, -0.2) is 9.82 Å². The third-order valence-electron chi connectivity index (χ3n) is 2.90. The van der Waals surface area contributed by atoms with Crippen LogP contribution in [0.3, 0.4) is 0 Å². The van der Waals surface area contributed by atoms with E-state index in [-0.39, 0.29) is 18.3 Å². The number of anilines is 1. The van der Waals surface area contributed by atoms with Crippen molar-refractivity contribution in [3.63, 3.8) is 0 Å². The van der Waals surface area contributed by atoms with Crippen molar-refractivity contribution in [1.82, 2.24) is 5.43 Å². The summed E-state index contributed by atoms with van der Waals surface area (Å²) < 4.78 is 13.7. The van der Waals surface area contributed by atoms with Gasteiger partial charge in [-0.05, 0) is 48.4 Å². The molecule has 2 aromatic carbocycles. The molecule has 0 atom stereocenters. The number of nitrogens with one attached hydrogen (secondary N) is 2. The van der Waals surface area contributed by atoms with Crippen LogP contribution < -0.4 is 10.7 Å². The summed E-state index contributed by atoms with van der Waals surface area (Å²) in [5.41, 5.74) is 5.10. The highest BCUT2D eigenvalue weighted by Crippen LogP contribution is 2.16. The van der Waals surface area contributed by atoms with Crippen molar-refractivity contribution in [1.29, 1.82) is 0 Å². The molecule has 0 unspecified atom stereocenters. The number of benzene rings is 2. The molecule has 0 radical (unpaired) electrons. The zero-order valence-corrected chi connectivity index (χ0v) is 13.5. The minimum atomic E-state index is -0.316. The first-order valence-corrected chi connectivity index (χ1v) is 7.41. The Morgan fingerprint density at radius 1 is 1.27 bits per heavy atom. The lowest BCUT2D eigenvalue weighted by atomic mass is 10.2. The lowest BCUT2D eigenvalue weighted by molar-refractivity contribution is -0.119. The number of nitrogens with zero attached hydrogens (tertiary/aromatic N) is 1. The van der Waals surface area contributed by atoms with Gasteiger partial charge in [0.15, 0.2) is 0 Å². The number of hydrogen-bond acceptors (Lipinski definition) is 3. The Kier molecular flexibility index (Phi) is 5.66. The monoisotopic (exact) mass is 363 g/mol. The first-order chi connectivity index (χ1) is 10.5. The quantitative estimate of drug-likeness (QED) is 0.631. The highest BCUT2D eigenvalue weighted by Gasteiger charge is 2.00. The largest absolute Gasteiger partial charge is 0.376 e. The molecule has 2 rings (SSSR count). The van der Waals surface area contributed by atoms with Crippen molar-refractivity contribution >= 4 is 33.7 Å². The van der Waals surface area contributed by atoms with Crippen LogP contribution in [0.4, 0.5) is 10.1 Å². The van der Waals surface area contributed by atoms with Gasteiger partial charge in [-0.1, -0.05) is 28.1 Å². The van der Waals surface area contributed by atoms with E-state index in [1.54, 1.807) is 18.3 Å². The number of carbonyl (C=O) groups excluding carboxylic acids is 1. The summed E-state index contributed by atoms with van der Waals surface area (Å²) in [7, 11) is 0. The van der Waals surface area contributed by atoms with Crippen molar-refractivity contribution < 1.29 is 9.18 Å². The Morgan fingerprint density at radius 3 is 2.68 bits per heavy atom. The summed E-state index contributed by atoms with van der Waals surface area (Å²) in [6, 6.07) is 11.6. The summed E-state index contributed by atoms with van der Waals surface area (Å²) in [6.45, 7) is 2.05. The highest BCUT2D eigenvalue weighted by molar-refractivity contribution is 9.10. The van der Waals surface area contributed by atoms with Crippen molar-refractivity contribution in [2.75, 3.05) is 11.9 Å². The molecule has 4 nitrogen and oxygen atoms in total. The maximum absolute atomic E-state index is 12.7. The second-order valence-electron chi connectivity index (χ2n) is 4.66. The Hall–Kier alpha value is -2.21. The molecule has 0 aliphatic rings. The Bertz CT molecular complexity index is 686. The second-order valence-corrected chi connectivity index (χ2v) is 5.52. The first kappa shape index (κ1) is 16.2. The van der Waals surface area contributed by atoms with Gasteiger partial charge in [0.1, 0.15) is 5.82 Å². The van der Waals surface area contributed by atoms with Gasteiger partial charge in [0.25, 0.3) is 5.91 Å². The van der Waals surface area contributed by atoms with Gasteiger partial charge in [-0.2, -0.15) is 5.10 Å². The van der Waals surface area contributed by atoms with E-state index in [4.69, 9.17) is 0 Å². The van der Waals surface area contributed by atoms with Crippen molar-refractivity contribution in [2.45, 2.75) is 6.92 Å². The maximum atomic E-state index is 12.7. The van der Waals surface area contributed by atoms with Crippen molar-refractivity contribution in [3.05, 3.63) is 63.9 Å². The molecular formula is C16H15BrFN3O. The molecule has 22 heavy (non-hydrogen) atoms. The van der Waals surface area contributed by atoms with Crippen LogP contribution in [0.2, 0.25) is 0 Å². The molecule has 0 aliphatic carbocycles. The number of carbonyl (C=O) groups is 1. The van der Waals surface area contributed by atoms with E-state index in [9.17, 15) is 9.18 Å². The van der Waals surface area contributed by atoms with Crippen LogP contribution in [-0.4, -0.2) is 18.7 Å². The van der Waals surface area contributed by atoms with Crippen molar-refractivity contribution in [3.8, 4) is 0 Å². The van der Waals surface area contributed by atoms with Gasteiger partial charge >= 0.3 is 0 Å². The molecule has 0 spiro atoms. The molecule has 0 heterocycles. The fourth-order valence-electron chi connectivity index (χ4n) is 1.66. The lowest BCUT2D eigenvalue weighted by Crippen LogP contribution is -2.25. The number of aryl methyl sites for hydroxylation is 1. The second kappa shape index (κ2) is 7.70. The normalized spacial score (nSPS) is 10.7. The average molecular weight is 364 g/mol. The zero-order chi connectivity index (χ0) is 15.9. The van der Waals surface area contributed by atoms with Gasteiger partial charge in [-0.3, -0.25) is 4.79 Å². The van der Waals surface area contributed by atoms with Gasteiger partial charge in [0, 0.05) is 10.2 Å². The predicted octanol–water partition coefficient (Wildman–Crippen LogP) is 3.46. The zero-order valence-electron chi connectivity index (χ0n) is 11.9. The molecule has 2 aromatic rings. The molecule has 0 saturated heterocycles. The average Bonchev–Trinajstić information content (AvgIpc) is 2.50. The fourth-order valence-corrected chi connectivity index (χ4v) is 2.05. The molecule has 0 bridgehead atoms. The Morgan fingerprint density at radius 2 is 2.00 bits per heavy atom. The van der Waals surface area contributed by atoms with Crippen LogP contribution in [0, 0.1) is 12.7 Å². The van der Waals surface area contributed by atoms with Crippen LogP contribution in [0.5, 0.6) is 0 Å². The van der Waals surface area contributed by atoms with E-state index < -0.39 is 0 Å². The van der Waals surface area contributed by atoms with Crippen LogP contribution in [-0.2, 0) is 4.79 Å². The van der Waals surface area contributed by atoms with Crippen LogP contribution >= 0.6 is 15.9 Å². The Balaban J connectivity index is 1.80. The minimum Gasteiger partial charge on any atom is -0.376 e. The maximum Gasteiger partial charge on any atom is 0.259 e. The molecule has 2 N–H and O–H groups in total. The van der Waals surface area contributed by atoms with Crippen LogP contribution in [0.25, 0.3) is 0 Å². The number of halogens is 2. The van der Waals surface area contributed by atoms with Crippen molar-refractivity contribution in [2.24, 2.45) is 5.10 Å². The number of hydrogen-bond donors (Lipinski definition) is 2. The summed E-state index contributed by atoms with van der Waals surface area (Å²) in [4.78, 5) is 11.6. The van der Waals surface area contributed by atoms with Crippen LogP contribution in [0.15, 0.2) is 52.0 Å². The third kappa shape index (κ3) is 4.96. The van der Waals surface area contributed by atoms with E-state index in [2.05, 4.69) is 31.8 Å². The summed E-state index contributed by atoms with van der Waals surface area (Å²) in [5.74, 6) is -0.601. The van der Waals surface area contributed by atoms with Gasteiger partial charge in [-0.15, -0.1) is 0 Å². The van der Waals surface area contributed by atoms with E-state index >= 15 is 0 Å². The Labute approximate surface area is 136 Å². The molecule has 0 aliphatic heterocycles. The predicted molar refractivity (Wildman–Crippen MR) is 89.5 cm³/mol. The fraction of sp³-hybridized carbons (Fsp3) is 0.125. The SMILES string of the molecule is Cc1ccc(/C=N\NC(=O)CNc2ccc(F)cc2)cc1Br.